The third kappa shape index (κ3) is 3.70. The number of alkyl halides is 3. The van der Waals surface area contributed by atoms with Gasteiger partial charge >= 0.3 is 6.18 Å². The van der Waals surface area contributed by atoms with Gasteiger partial charge in [0.15, 0.2) is 5.75 Å². The Morgan fingerprint density at radius 2 is 2.00 bits per heavy atom. The van der Waals surface area contributed by atoms with Gasteiger partial charge in [-0.15, -0.1) is 0 Å². The molecule has 0 atom stereocenters. The fourth-order valence-corrected chi connectivity index (χ4v) is 2.23. The first-order valence-electron chi connectivity index (χ1n) is 6.66. The maximum absolute atomic E-state index is 13.1. The van der Waals surface area contributed by atoms with Crippen molar-refractivity contribution in [3.8, 4) is 5.75 Å². The number of hydrogen-bond acceptors (Lipinski definition) is 4. The van der Waals surface area contributed by atoms with E-state index >= 15 is 0 Å². The van der Waals surface area contributed by atoms with Crippen molar-refractivity contribution in [3.63, 3.8) is 0 Å². The molecule has 0 spiro atoms. The number of hydrogen-bond donors (Lipinski definition) is 2. The zero-order valence-electron chi connectivity index (χ0n) is 12.7. The van der Waals surface area contributed by atoms with Crippen LogP contribution in [0.2, 0.25) is 5.15 Å². The number of nitrogens with zero attached hydrogens (tertiary/aromatic N) is 1. The summed E-state index contributed by atoms with van der Waals surface area (Å²) >= 11 is 5.81. The lowest BCUT2D eigenvalue weighted by molar-refractivity contribution is -0.138. The normalized spacial score (nSPS) is 11.1. The molecule has 0 saturated heterocycles. The minimum atomic E-state index is -4.58. The largest absolute Gasteiger partial charge is 0.494 e. The molecule has 0 aliphatic rings. The molecule has 1 heterocycles. The number of benzene rings is 1. The minimum Gasteiger partial charge on any atom is -0.494 e. The number of halogens is 4. The van der Waals surface area contributed by atoms with Gasteiger partial charge in [-0.2, -0.15) is 13.2 Å². The number of anilines is 2. The molecule has 0 saturated carbocycles. The molecule has 2 N–H and O–H groups in total. The van der Waals surface area contributed by atoms with E-state index in [9.17, 15) is 18.0 Å². The Labute approximate surface area is 140 Å². The summed E-state index contributed by atoms with van der Waals surface area (Å²) in [5.41, 5.74) is -0.565. The summed E-state index contributed by atoms with van der Waals surface area (Å²) < 4.78 is 44.1. The number of nitrogens with one attached hydrogen (secondary N) is 2. The molecule has 1 amide bonds. The predicted molar refractivity (Wildman–Crippen MR) is 83.9 cm³/mol. The minimum absolute atomic E-state index is 0.0414. The summed E-state index contributed by atoms with van der Waals surface area (Å²) in [5.74, 6) is -0.853. The zero-order chi connectivity index (χ0) is 17.9. The summed E-state index contributed by atoms with van der Waals surface area (Å²) in [6, 6.07) is 4.88. The first-order valence-corrected chi connectivity index (χ1v) is 7.04. The Morgan fingerprint density at radius 1 is 1.29 bits per heavy atom. The lowest BCUT2D eigenvalue weighted by atomic mass is 10.1. The second-order valence-electron chi connectivity index (χ2n) is 4.64. The molecule has 2 rings (SSSR count). The van der Waals surface area contributed by atoms with Crippen LogP contribution < -0.4 is 15.4 Å². The van der Waals surface area contributed by atoms with Crippen LogP contribution in [0.3, 0.4) is 0 Å². The highest BCUT2D eigenvalue weighted by atomic mass is 35.5. The van der Waals surface area contributed by atoms with Crippen molar-refractivity contribution in [3.05, 3.63) is 46.7 Å². The van der Waals surface area contributed by atoms with Gasteiger partial charge in [0.25, 0.3) is 5.91 Å². The van der Waals surface area contributed by atoms with Crippen LogP contribution in [0.25, 0.3) is 0 Å². The number of pyridine rings is 1. The van der Waals surface area contributed by atoms with Gasteiger partial charge in [-0.3, -0.25) is 4.79 Å². The summed E-state index contributed by atoms with van der Waals surface area (Å²) in [6.07, 6.45) is -3.36. The fraction of sp³-hybridized carbons (Fsp3) is 0.200. The van der Waals surface area contributed by atoms with Gasteiger partial charge < -0.3 is 15.4 Å². The molecular formula is C15H13ClF3N3O2. The zero-order valence-corrected chi connectivity index (χ0v) is 13.4. The monoisotopic (exact) mass is 359 g/mol. The molecule has 9 heteroatoms. The molecule has 5 nitrogen and oxygen atoms in total. The molecule has 0 fully saturated rings. The molecule has 1 aromatic carbocycles. The van der Waals surface area contributed by atoms with Gasteiger partial charge in [0.1, 0.15) is 5.15 Å². The molecule has 0 unspecified atom stereocenters. The first kappa shape index (κ1) is 17.9. The highest BCUT2D eigenvalue weighted by Crippen LogP contribution is 2.41. The summed E-state index contributed by atoms with van der Waals surface area (Å²) in [6.45, 7) is 0. The van der Waals surface area contributed by atoms with Gasteiger partial charge in [-0.05, 0) is 18.2 Å². The SMILES string of the molecule is CNC(=O)c1cnc(Cl)cc1Nc1cccc(C(F)(F)F)c1OC. The van der Waals surface area contributed by atoms with E-state index in [4.69, 9.17) is 16.3 Å². The number of amides is 1. The van der Waals surface area contributed by atoms with Crippen molar-refractivity contribution < 1.29 is 22.7 Å². The fourth-order valence-electron chi connectivity index (χ4n) is 2.07. The Kier molecular flexibility index (Phi) is 5.18. The Balaban J connectivity index is 2.53. The quantitative estimate of drug-likeness (QED) is 0.814. The number of ether oxygens (including phenoxy) is 1. The standard InChI is InChI=1S/C15H13ClF3N3O2/c1-20-14(23)8-7-21-12(16)6-11(8)22-10-5-3-4-9(13(10)24-2)15(17,18)19/h3-7H,1-2H3,(H,20,23)(H,21,22). The van der Waals surface area contributed by atoms with Crippen molar-refractivity contribution in [2.75, 3.05) is 19.5 Å². The van der Waals surface area contributed by atoms with E-state index in [0.29, 0.717) is 0 Å². The van der Waals surface area contributed by atoms with E-state index in [-0.39, 0.29) is 27.8 Å². The molecular weight excluding hydrogens is 347 g/mol. The van der Waals surface area contributed by atoms with Crippen molar-refractivity contribution >= 4 is 28.9 Å². The van der Waals surface area contributed by atoms with E-state index in [2.05, 4.69) is 15.6 Å². The predicted octanol–water partition coefficient (Wildman–Crippen LogP) is 3.87. The van der Waals surface area contributed by atoms with Crippen molar-refractivity contribution in [2.24, 2.45) is 0 Å². The number of aromatic nitrogens is 1. The van der Waals surface area contributed by atoms with Crippen LogP contribution in [-0.2, 0) is 6.18 Å². The molecule has 0 aliphatic heterocycles. The Morgan fingerprint density at radius 3 is 2.58 bits per heavy atom. The molecule has 0 bridgehead atoms. The van der Waals surface area contributed by atoms with E-state index in [1.807, 2.05) is 0 Å². The van der Waals surface area contributed by atoms with E-state index < -0.39 is 17.6 Å². The van der Waals surface area contributed by atoms with Crippen molar-refractivity contribution in [1.29, 1.82) is 0 Å². The van der Waals surface area contributed by atoms with Gasteiger partial charge in [-0.1, -0.05) is 17.7 Å². The third-order valence-electron chi connectivity index (χ3n) is 3.14. The molecule has 1 aromatic heterocycles. The molecule has 0 radical (unpaired) electrons. The highest BCUT2D eigenvalue weighted by Gasteiger charge is 2.35. The topological polar surface area (TPSA) is 63.2 Å². The third-order valence-corrected chi connectivity index (χ3v) is 3.34. The Bertz CT molecular complexity index is 766. The van der Waals surface area contributed by atoms with Gasteiger partial charge in [0.05, 0.1) is 29.6 Å². The number of rotatable bonds is 4. The average molecular weight is 360 g/mol. The number of carbonyl (C=O) groups excluding carboxylic acids is 1. The average Bonchev–Trinajstić information content (AvgIpc) is 2.53. The van der Waals surface area contributed by atoms with Crippen LogP contribution >= 0.6 is 11.6 Å². The van der Waals surface area contributed by atoms with Crippen LogP contribution in [0.4, 0.5) is 24.5 Å². The van der Waals surface area contributed by atoms with E-state index in [0.717, 1.165) is 13.2 Å². The lowest BCUT2D eigenvalue weighted by Crippen LogP contribution is -2.19. The second-order valence-corrected chi connectivity index (χ2v) is 5.03. The summed E-state index contributed by atoms with van der Waals surface area (Å²) in [4.78, 5) is 15.7. The van der Waals surface area contributed by atoms with E-state index in [1.165, 1.54) is 31.4 Å². The number of carbonyl (C=O) groups is 1. The van der Waals surface area contributed by atoms with Crippen LogP contribution in [-0.4, -0.2) is 25.0 Å². The van der Waals surface area contributed by atoms with Crippen LogP contribution in [0.1, 0.15) is 15.9 Å². The summed E-state index contributed by atoms with van der Waals surface area (Å²) in [7, 11) is 2.56. The second kappa shape index (κ2) is 6.96. The number of para-hydroxylation sites is 1. The van der Waals surface area contributed by atoms with Crippen molar-refractivity contribution in [2.45, 2.75) is 6.18 Å². The maximum atomic E-state index is 13.1. The van der Waals surface area contributed by atoms with Crippen molar-refractivity contribution in [1.82, 2.24) is 10.3 Å². The molecule has 128 valence electrons. The van der Waals surface area contributed by atoms with Crippen LogP contribution in [0.15, 0.2) is 30.5 Å². The number of methoxy groups -OCH3 is 1. The van der Waals surface area contributed by atoms with Crippen LogP contribution in [0.5, 0.6) is 5.75 Å². The molecule has 24 heavy (non-hydrogen) atoms. The Hall–Kier alpha value is -2.48. The van der Waals surface area contributed by atoms with Crippen LogP contribution in [0, 0.1) is 0 Å². The smallest absolute Gasteiger partial charge is 0.420 e. The molecule has 2 aromatic rings. The lowest BCUT2D eigenvalue weighted by Gasteiger charge is -2.18. The van der Waals surface area contributed by atoms with Gasteiger partial charge in [0, 0.05) is 13.2 Å². The first-order chi connectivity index (χ1) is 11.3. The van der Waals surface area contributed by atoms with Gasteiger partial charge in [-0.25, -0.2) is 4.98 Å². The van der Waals surface area contributed by atoms with Gasteiger partial charge in [0.2, 0.25) is 0 Å². The highest BCUT2D eigenvalue weighted by molar-refractivity contribution is 6.29. The maximum Gasteiger partial charge on any atom is 0.420 e. The molecule has 0 aliphatic carbocycles. The van der Waals surface area contributed by atoms with E-state index in [1.54, 1.807) is 0 Å². The summed E-state index contributed by atoms with van der Waals surface area (Å²) in [5, 5.41) is 5.25.